The zero-order valence-electron chi connectivity index (χ0n) is 52.7. The number of carbonyl (C=O) groups excluding carboxylic acids is 3. The number of aromatic hydroxyl groups is 6. The van der Waals surface area contributed by atoms with Crippen LogP contribution < -0.4 is 0 Å². The van der Waals surface area contributed by atoms with E-state index in [4.69, 9.17) is 14.2 Å². The molecule has 0 saturated carbocycles. The number of ether oxygens (including phenoxy) is 3. The van der Waals surface area contributed by atoms with Gasteiger partial charge in [-0.05, 0) is 91.6 Å². The molecular formula is C72H81N3O12S3. The lowest BCUT2D eigenvalue weighted by Crippen LogP contribution is -2.43. The maximum absolute atomic E-state index is 14.5. The molecule has 0 aromatic heterocycles. The van der Waals surface area contributed by atoms with Gasteiger partial charge in [-0.3, -0.25) is 29.1 Å². The molecular weight excluding hydrogens is 1200 g/mol. The summed E-state index contributed by atoms with van der Waals surface area (Å²) in [4.78, 5) is 49.2. The maximum Gasteiger partial charge on any atom is 0.323 e. The van der Waals surface area contributed by atoms with E-state index in [0.717, 1.165) is 50.1 Å². The van der Waals surface area contributed by atoms with Gasteiger partial charge in [0.1, 0.15) is 52.6 Å². The van der Waals surface area contributed by atoms with E-state index < -0.39 is 36.0 Å². The summed E-state index contributed by atoms with van der Waals surface area (Å²) in [6.07, 6.45) is 0.336. The second kappa shape index (κ2) is 28.5. The minimum atomic E-state index is -0.894. The predicted molar refractivity (Wildman–Crippen MR) is 356 cm³/mol. The van der Waals surface area contributed by atoms with Crippen LogP contribution in [0.15, 0.2) is 91.0 Å². The van der Waals surface area contributed by atoms with E-state index >= 15 is 0 Å². The Morgan fingerprint density at radius 2 is 0.500 bits per heavy atom. The number of carbonyl (C=O) groups is 3. The Balaban J connectivity index is 1.26. The predicted octanol–water partition coefficient (Wildman–Crippen LogP) is 11.9. The molecule has 0 unspecified atom stereocenters. The molecule has 0 amide bonds. The summed E-state index contributed by atoms with van der Waals surface area (Å²) in [5, 5.41) is 75.5. The zero-order valence-corrected chi connectivity index (χ0v) is 55.1. The first-order valence-corrected chi connectivity index (χ1v) is 33.7. The summed E-state index contributed by atoms with van der Waals surface area (Å²) in [5.41, 5.74) is 14.1. The molecule has 0 spiro atoms. The number of esters is 3. The molecule has 18 bridgehead atoms. The van der Waals surface area contributed by atoms with Crippen LogP contribution in [0.5, 0.6) is 34.5 Å². The van der Waals surface area contributed by atoms with E-state index in [0.29, 0.717) is 84.0 Å². The van der Waals surface area contributed by atoms with E-state index in [1.54, 1.807) is 35.3 Å². The molecule has 90 heavy (non-hydrogen) atoms. The van der Waals surface area contributed by atoms with Gasteiger partial charge in [0.05, 0.1) is 21.3 Å². The SMILES string of the molecule is COC(=O)[C@H]1CSCc2cc3cc(c2)CSC[C@H](C(=O)OC)N2Cc4cc(C)cc(c4O)Cc4cc(C)cc(c4O)CN1Cc1cc(C)cc(c1O)Cc1cc(C)cc(c1O)CN(Cc1cc(C)cc(c1O)Cc1cc(C)cc(c1O)C2)[C@@H](C(=O)OC)CSC3. The molecule has 3 heterocycles. The molecule has 474 valence electrons. The zero-order chi connectivity index (χ0) is 64.2. The van der Waals surface area contributed by atoms with Crippen molar-refractivity contribution in [2.24, 2.45) is 0 Å². The van der Waals surface area contributed by atoms with Gasteiger partial charge in [0, 0.05) is 126 Å². The highest BCUT2D eigenvalue weighted by molar-refractivity contribution is 7.99. The van der Waals surface area contributed by atoms with Crippen LogP contribution in [0.2, 0.25) is 0 Å². The standard InChI is InChI=1S/C72H81N3O12S3/c1-40-10-49-25-50-11-41(2)17-57(65(50)77)30-74-31-58-19-44(5)14-53(68(58)80)27-54-15-45(6)21-60(69(54)81)33-75-32-59-20-43(4)13-52(67(59)79)26-51-12-42(3)18-56(66(51)78)29-73(28-55(16-40)64(49)76)61(70(82)85-7)37-88-34-46-22-47(35-89-38-62(74)71(83)86-8)24-48(23-46)36-90-39-63(75)72(84)87-9/h10-24,61-63,76-81H,25-39H2,1-9H3/t61-,62-,63-/m1/s1. The Kier molecular flexibility index (Phi) is 20.8. The van der Waals surface area contributed by atoms with Crippen molar-refractivity contribution < 1.29 is 59.2 Å². The largest absolute Gasteiger partial charge is 0.507 e. The first-order chi connectivity index (χ1) is 43.1. The van der Waals surface area contributed by atoms with E-state index in [1.165, 1.54) is 21.3 Å². The summed E-state index contributed by atoms with van der Waals surface area (Å²) in [6.45, 7) is 11.9. The van der Waals surface area contributed by atoms with Gasteiger partial charge in [-0.2, -0.15) is 35.3 Å². The van der Waals surface area contributed by atoms with Crippen LogP contribution in [0.4, 0.5) is 0 Å². The Morgan fingerprint density at radius 1 is 0.322 bits per heavy atom. The highest BCUT2D eigenvalue weighted by Crippen LogP contribution is 2.41. The molecule has 7 aromatic rings. The Labute approximate surface area is 540 Å². The van der Waals surface area contributed by atoms with Crippen LogP contribution in [0.1, 0.15) is 117 Å². The number of fused-ring (bicyclic) bond motifs is 24. The average Bonchev–Trinajstić information content (AvgIpc) is 0.901. The van der Waals surface area contributed by atoms with Gasteiger partial charge in [0.15, 0.2) is 0 Å². The van der Waals surface area contributed by atoms with Gasteiger partial charge in [-0.15, -0.1) is 0 Å². The maximum atomic E-state index is 14.5. The molecule has 0 aliphatic carbocycles. The average molecular weight is 1280 g/mol. The third-order valence-corrected chi connectivity index (χ3v) is 20.6. The van der Waals surface area contributed by atoms with Crippen LogP contribution in [0.3, 0.4) is 0 Å². The third kappa shape index (κ3) is 15.0. The fourth-order valence-corrected chi connectivity index (χ4v) is 16.5. The van der Waals surface area contributed by atoms with Crippen molar-refractivity contribution in [3.8, 4) is 34.5 Å². The molecule has 15 nitrogen and oxygen atoms in total. The van der Waals surface area contributed by atoms with Crippen LogP contribution in [-0.4, -0.2) is 120 Å². The number of benzene rings is 7. The van der Waals surface area contributed by atoms with Crippen molar-refractivity contribution >= 4 is 53.2 Å². The van der Waals surface area contributed by atoms with E-state index in [1.807, 2.05) is 129 Å². The number of rotatable bonds is 3. The number of hydrogen-bond acceptors (Lipinski definition) is 18. The van der Waals surface area contributed by atoms with Gasteiger partial charge in [0.25, 0.3) is 0 Å². The van der Waals surface area contributed by atoms with Crippen LogP contribution in [0.25, 0.3) is 0 Å². The molecule has 0 radical (unpaired) electrons. The molecule has 3 aliphatic heterocycles. The topological polar surface area (TPSA) is 210 Å². The van der Waals surface area contributed by atoms with Gasteiger partial charge in [0.2, 0.25) is 0 Å². The van der Waals surface area contributed by atoms with Gasteiger partial charge in [-0.25, -0.2) is 0 Å². The van der Waals surface area contributed by atoms with Crippen LogP contribution in [0, 0.1) is 41.5 Å². The highest BCUT2D eigenvalue weighted by Gasteiger charge is 2.34. The molecule has 6 N–H and O–H groups in total. The first kappa shape index (κ1) is 65.6. The van der Waals surface area contributed by atoms with Crippen molar-refractivity contribution in [2.75, 3.05) is 38.6 Å². The van der Waals surface area contributed by atoms with Crippen LogP contribution in [-0.2, 0) is 104 Å². The number of methoxy groups -OCH3 is 3. The van der Waals surface area contributed by atoms with Crippen molar-refractivity contribution in [1.29, 1.82) is 0 Å². The first-order valence-electron chi connectivity index (χ1n) is 30.2. The second-order valence-corrected chi connectivity index (χ2v) is 27.7. The molecule has 10 rings (SSSR count). The summed E-state index contributed by atoms with van der Waals surface area (Å²) in [5.74, 6) is 0.508. The van der Waals surface area contributed by atoms with Crippen molar-refractivity contribution in [2.45, 2.75) is 135 Å². The third-order valence-electron chi connectivity index (χ3n) is 17.3. The minimum absolute atomic E-state index is 0.0248. The van der Waals surface area contributed by atoms with Crippen LogP contribution >= 0.6 is 35.3 Å². The van der Waals surface area contributed by atoms with Gasteiger partial charge < -0.3 is 44.8 Å². The normalized spacial score (nSPS) is 20.1. The van der Waals surface area contributed by atoms with Crippen molar-refractivity contribution in [3.05, 3.63) is 208 Å². The number of hydrogen-bond donors (Lipinski definition) is 6. The summed E-state index contributed by atoms with van der Waals surface area (Å²) in [7, 11) is 4.08. The lowest BCUT2D eigenvalue weighted by atomic mass is 9.93. The van der Waals surface area contributed by atoms with Gasteiger partial charge >= 0.3 is 17.9 Å². The van der Waals surface area contributed by atoms with E-state index in [9.17, 15) is 45.0 Å². The molecule has 18 heteroatoms. The summed E-state index contributed by atoms with van der Waals surface area (Å²) >= 11 is 4.64. The second-order valence-electron chi connectivity index (χ2n) is 24.7. The number of aryl methyl sites for hydroxylation is 6. The number of phenolic OH excluding ortho intramolecular Hbond substituents is 6. The number of phenols is 6. The quantitative estimate of drug-likeness (QED) is 0.0718. The molecule has 3 aliphatic rings. The minimum Gasteiger partial charge on any atom is -0.507 e. The van der Waals surface area contributed by atoms with Gasteiger partial charge in [-0.1, -0.05) is 124 Å². The Bertz CT molecular complexity index is 3310. The molecule has 0 fully saturated rings. The monoisotopic (exact) mass is 1280 g/mol. The molecule has 7 aromatic carbocycles. The van der Waals surface area contributed by atoms with Crippen molar-refractivity contribution in [3.63, 3.8) is 0 Å². The molecule has 3 atom stereocenters. The fourth-order valence-electron chi connectivity index (χ4n) is 13.2. The number of nitrogens with zero attached hydrogens (tertiary/aromatic N) is 3. The lowest BCUT2D eigenvalue weighted by molar-refractivity contribution is -0.147. The fraction of sp³-hybridized carbons (Fsp3) is 0.375. The smallest absolute Gasteiger partial charge is 0.323 e. The van der Waals surface area contributed by atoms with E-state index in [2.05, 4.69) is 18.2 Å². The number of thioether (sulfide) groups is 3. The van der Waals surface area contributed by atoms with E-state index in [-0.39, 0.29) is 110 Å². The highest BCUT2D eigenvalue weighted by atomic mass is 32.2. The van der Waals surface area contributed by atoms with Crippen molar-refractivity contribution in [1.82, 2.24) is 14.7 Å². The molecule has 0 saturated heterocycles. The summed E-state index contributed by atoms with van der Waals surface area (Å²) in [6, 6.07) is 26.4. The lowest BCUT2D eigenvalue weighted by Gasteiger charge is -2.32. The Hall–Kier alpha value is -7.32. The Morgan fingerprint density at radius 3 is 0.678 bits per heavy atom. The summed E-state index contributed by atoms with van der Waals surface area (Å²) < 4.78 is 16.8.